The summed E-state index contributed by atoms with van der Waals surface area (Å²) in [6.45, 7) is 0.830. The Labute approximate surface area is 126 Å². The Kier molecular flexibility index (Phi) is 9.09. The molecule has 0 aliphatic heterocycles. The van der Waals surface area contributed by atoms with E-state index in [0.29, 0.717) is 18.7 Å². The fourth-order valence-corrected chi connectivity index (χ4v) is 2.14. The number of hydrogen-bond acceptors (Lipinski definition) is 2. The van der Waals surface area contributed by atoms with Gasteiger partial charge in [0, 0.05) is 31.7 Å². The molecule has 1 rings (SSSR count). The molecule has 112 valence electrons. The number of rotatable bonds is 10. The average Bonchev–Trinajstić information content (AvgIpc) is 2.45. The van der Waals surface area contributed by atoms with Crippen molar-refractivity contribution in [3.63, 3.8) is 0 Å². The highest BCUT2D eigenvalue weighted by Gasteiger charge is 2.02. The summed E-state index contributed by atoms with van der Waals surface area (Å²) in [6, 6.07) is 8.06. The molecule has 0 bridgehead atoms. The lowest BCUT2D eigenvalue weighted by atomic mass is 10.1. The van der Waals surface area contributed by atoms with E-state index in [4.69, 9.17) is 16.3 Å². The van der Waals surface area contributed by atoms with Crippen molar-refractivity contribution in [3.05, 3.63) is 29.8 Å². The lowest BCUT2D eigenvalue weighted by molar-refractivity contribution is -0.116. The highest BCUT2D eigenvalue weighted by atomic mass is 35.5. The van der Waals surface area contributed by atoms with E-state index in [1.54, 1.807) is 7.11 Å². The number of carbonyl (C=O) groups is 1. The van der Waals surface area contributed by atoms with Crippen LogP contribution < -0.4 is 5.32 Å². The molecule has 1 N–H and O–H groups in total. The van der Waals surface area contributed by atoms with Gasteiger partial charge in [-0.1, -0.05) is 18.6 Å². The molecular weight excluding hydrogens is 274 g/mol. The van der Waals surface area contributed by atoms with Gasteiger partial charge in [-0.25, -0.2) is 0 Å². The van der Waals surface area contributed by atoms with Crippen molar-refractivity contribution in [3.8, 4) is 0 Å². The first-order chi connectivity index (χ1) is 9.76. The number of methoxy groups -OCH3 is 1. The summed E-state index contributed by atoms with van der Waals surface area (Å²) >= 11 is 5.58. The average molecular weight is 298 g/mol. The Morgan fingerprint density at radius 1 is 1.25 bits per heavy atom. The van der Waals surface area contributed by atoms with Gasteiger partial charge in [0.05, 0.1) is 0 Å². The van der Waals surface area contributed by atoms with E-state index in [2.05, 4.69) is 17.4 Å². The monoisotopic (exact) mass is 297 g/mol. The summed E-state index contributed by atoms with van der Waals surface area (Å²) in [5.41, 5.74) is 2.14. The third kappa shape index (κ3) is 7.51. The van der Waals surface area contributed by atoms with Crippen LogP contribution in [0.4, 0.5) is 5.69 Å². The van der Waals surface area contributed by atoms with Gasteiger partial charge in [-0.15, -0.1) is 11.6 Å². The van der Waals surface area contributed by atoms with E-state index in [9.17, 15) is 4.79 Å². The Morgan fingerprint density at radius 2 is 2.10 bits per heavy atom. The number of aryl methyl sites for hydroxylation is 1. The minimum Gasteiger partial charge on any atom is -0.385 e. The van der Waals surface area contributed by atoms with Crippen molar-refractivity contribution in [2.75, 3.05) is 24.9 Å². The maximum atomic E-state index is 11.6. The molecule has 0 saturated carbocycles. The van der Waals surface area contributed by atoms with E-state index >= 15 is 0 Å². The predicted molar refractivity (Wildman–Crippen MR) is 84.5 cm³/mol. The van der Waals surface area contributed by atoms with Crippen LogP contribution in [0.1, 0.15) is 37.7 Å². The largest absolute Gasteiger partial charge is 0.385 e. The summed E-state index contributed by atoms with van der Waals surface area (Å²) in [5.74, 6) is 0.553. The Bertz CT molecular complexity index is 396. The standard InChI is InChI=1S/C16H24ClNO2/c1-20-12-4-2-3-7-14-8-5-9-15(13-14)18-16(19)10-6-11-17/h5,8-9,13H,2-4,6-7,10-12H2,1H3,(H,18,19). The molecule has 3 nitrogen and oxygen atoms in total. The molecule has 1 amide bonds. The number of anilines is 1. The number of unbranched alkanes of at least 4 members (excludes halogenated alkanes) is 2. The Hall–Kier alpha value is -1.06. The van der Waals surface area contributed by atoms with Crippen LogP contribution in [0.5, 0.6) is 0 Å². The first-order valence-electron chi connectivity index (χ1n) is 7.20. The molecule has 0 aliphatic rings. The van der Waals surface area contributed by atoms with Crippen LogP contribution in [0.15, 0.2) is 24.3 Å². The Morgan fingerprint density at radius 3 is 2.85 bits per heavy atom. The number of halogens is 1. The number of ether oxygens (including phenoxy) is 1. The zero-order valence-electron chi connectivity index (χ0n) is 12.2. The van der Waals surface area contributed by atoms with Gasteiger partial charge in [0.1, 0.15) is 0 Å². The molecule has 0 saturated heterocycles. The lowest BCUT2D eigenvalue weighted by Crippen LogP contribution is -2.11. The third-order valence-corrected chi connectivity index (χ3v) is 3.33. The van der Waals surface area contributed by atoms with Crippen molar-refractivity contribution in [2.24, 2.45) is 0 Å². The molecule has 1 aromatic rings. The van der Waals surface area contributed by atoms with Crippen molar-refractivity contribution in [1.82, 2.24) is 0 Å². The van der Waals surface area contributed by atoms with Gasteiger partial charge < -0.3 is 10.1 Å². The second-order valence-corrected chi connectivity index (χ2v) is 5.22. The van der Waals surface area contributed by atoms with Gasteiger partial charge in [-0.05, 0) is 43.4 Å². The molecule has 0 atom stereocenters. The van der Waals surface area contributed by atoms with Crippen molar-refractivity contribution in [2.45, 2.75) is 38.5 Å². The molecule has 1 aromatic carbocycles. The smallest absolute Gasteiger partial charge is 0.224 e. The topological polar surface area (TPSA) is 38.3 Å². The molecule has 0 aliphatic carbocycles. The lowest BCUT2D eigenvalue weighted by Gasteiger charge is -2.07. The molecule has 0 spiro atoms. The fourth-order valence-electron chi connectivity index (χ4n) is 2.01. The molecule has 4 heteroatoms. The van der Waals surface area contributed by atoms with Crippen LogP contribution in [-0.4, -0.2) is 25.5 Å². The quantitative estimate of drug-likeness (QED) is 0.523. The van der Waals surface area contributed by atoms with Crippen molar-refractivity contribution in [1.29, 1.82) is 0 Å². The number of amides is 1. The van der Waals surface area contributed by atoms with Crippen LogP contribution in [0.2, 0.25) is 0 Å². The van der Waals surface area contributed by atoms with Gasteiger partial charge in [0.25, 0.3) is 0 Å². The highest BCUT2D eigenvalue weighted by molar-refractivity contribution is 6.18. The maximum absolute atomic E-state index is 11.6. The highest BCUT2D eigenvalue weighted by Crippen LogP contribution is 2.14. The molecule has 0 fully saturated rings. The summed E-state index contributed by atoms with van der Waals surface area (Å²) < 4.78 is 5.03. The SMILES string of the molecule is COCCCCCc1cccc(NC(=O)CCCCl)c1. The number of nitrogens with one attached hydrogen (secondary N) is 1. The van der Waals surface area contributed by atoms with Crippen LogP contribution in [0, 0.1) is 0 Å². The number of carbonyl (C=O) groups excluding carboxylic acids is 1. The second kappa shape index (κ2) is 10.7. The maximum Gasteiger partial charge on any atom is 0.224 e. The molecular formula is C16H24ClNO2. The van der Waals surface area contributed by atoms with Crippen LogP contribution in [-0.2, 0) is 16.0 Å². The summed E-state index contributed by atoms with van der Waals surface area (Å²) in [6.07, 6.45) is 5.64. The molecule has 0 radical (unpaired) electrons. The molecule has 0 unspecified atom stereocenters. The van der Waals surface area contributed by atoms with Gasteiger partial charge in [-0.3, -0.25) is 4.79 Å². The minimum atomic E-state index is 0.0305. The van der Waals surface area contributed by atoms with E-state index in [1.807, 2.05) is 12.1 Å². The van der Waals surface area contributed by atoms with Crippen LogP contribution >= 0.6 is 11.6 Å². The number of benzene rings is 1. The zero-order chi connectivity index (χ0) is 14.6. The summed E-state index contributed by atoms with van der Waals surface area (Å²) in [4.78, 5) is 11.6. The zero-order valence-corrected chi connectivity index (χ0v) is 12.9. The third-order valence-electron chi connectivity index (χ3n) is 3.06. The summed E-state index contributed by atoms with van der Waals surface area (Å²) in [7, 11) is 1.73. The minimum absolute atomic E-state index is 0.0305. The normalized spacial score (nSPS) is 10.5. The molecule has 0 heterocycles. The van der Waals surface area contributed by atoms with Crippen molar-refractivity contribution >= 4 is 23.2 Å². The van der Waals surface area contributed by atoms with E-state index in [1.165, 1.54) is 12.0 Å². The Balaban J connectivity index is 2.35. The van der Waals surface area contributed by atoms with Gasteiger partial charge in [0.2, 0.25) is 5.91 Å². The first kappa shape index (κ1) is 17.0. The van der Waals surface area contributed by atoms with Gasteiger partial charge in [-0.2, -0.15) is 0 Å². The predicted octanol–water partition coefficient (Wildman–Crippen LogP) is 4.00. The second-order valence-electron chi connectivity index (χ2n) is 4.84. The van der Waals surface area contributed by atoms with Crippen molar-refractivity contribution < 1.29 is 9.53 Å². The van der Waals surface area contributed by atoms with Crippen LogP contribution in [0.3, 0.4) is 0 Å². The van der Waals surface area contributed by atoms with E-state index < -0.39 is 0 Å². The van der Waals surface area contributed by atoms with E-state index in [0.717, 1.165) is 31.6 Å². The number of alkyl halides is 1. The van der Waals surface area contributed by atoms with Gasteiger partial charge in [0.15, 0.2) is 0 Å². The van der Waals surface area contributed by atoms with Gasteiger partial charge >= 0.3 is 0 Å². The fraction of sp³-hybridized carbons (Fsp3) is 0.562. The summed E-state index contributed by atoms with van der Waals surface area (Å²) in [5, 5.41) is 2.91. The molecule has 20 heavy (non-hydrogen) atoms. The first-order valence-corrected chi connectivity index (χ1v) is 7.73. The molecule has 0 aromatic heterocycles. The van der Waals surface area contributed by atoms with Crippen LogP contribution in [0.25, 0.3) is 0 Å². The van der Waals surface area contributed by atoms with E-state index in [-0.39, 0.29) is 5.91 Å². The number of hydrogen-bond donors (Lipinski definition) is 1.